The van der Waals surface area contributed by atoms with Crippen molar-refractivity contribution in [1.82, 2.24) is 5.32 Å². The van der Waals surface area contributed by atoms with Crippen molar-refractivity contribution in [3.8, 4) is 0 Å². The van der Waals surface area contributed by atoms with Crippen molar-refractivity contribution in [1.29, 1.82) is 0 Å². The molecule has 0 spiro atoms. The van der Waals surface area contributed by atoms with Gasteiger partial charge in [0, 0.05) is 12.0 Å². The van der Waals surface area contributed by atoms with E-state index in [0.29, 0.717) is 32.2 Å². The Morgan fingerprint density at radius 1 is 1.33 bits per heavy atom. The topological polar surface area (TPSA) is 46.2 Å². The van der Waals surface area contributed by atoms with E-state index in [-0.39, 0.29) is 5.75 Å². The van der Waals surface area contributed by atoms with Crippen molar-refractivity contribution in [3.63, 3.8) is 0 Å². The number of halogens is 1. The van der Waals surface area contributed by atoms with Gasteiger partial charge in [-0.2, -0.15) is 0 Å². The van der Waals surface area contributed by atoms with Gasteiger partial charge >= 0.3 is 0 Å². The average Bonchev–Trinajstić information content (AvgIpc) is 2.28. The Morgan fingerprint density at radius 2 is 2.07 bits per heavy atom. The molecule has 15 heavy (non-hydrogen) atoms. The Labute approximate surface area is 91.4 Å². The fraction of sp³-hybridized carbons (Fsp3) is 1.00. The number of hydrogen-bond donors (Lipinski definition) is 1. The molecule has 0 aromatic heterocycles. The van der Waals surface area contributed by atoms with Gasteiger partial charge in [-0.05, 0) is 45.2 Å². The van der Waals surface area contributed by atoms with E-state index in [9.17, 15) is 12.8 Å². The van der Waals surface area contributed by atoms with Gasteiger partial charge < -0.3 is 5.32 Å². The molecule has 0 bridgehead atoms. The molecule has 0 saturated carbocycles. The molecule has 1 heterocycles. The van der Waals surface area contributed by atoms with Gasteiger partial charge in [-0.3, -0.25) is 0 Å². The first-order valence-electron chi connectivity index (χ1n) is 5.49. The van der Waals surface area contributed by atoms with E-state index in [4.69, 9.17) is 0 Å². The highest BCUT2D eigenvalue weighted by molar-refractivity contribution is 7.90. The zero-order valence-electron chi connectivity index (χ0n) is 9.26. The number of alkyl halides is 1. The van der Waals surface area contributed by atoms with Gasteiger partial charge in [0.25, 0.3) is 0 Å². The molecule has 1 fully saturated rings. The molecule has 0 aromatic rings. The Morgan fingerprint density at radius 3 is 2.73 bits per heavy atom. The smallest absolute Gasteiger partial charge is 0.147 e. The molecule has 1 saturated heterocycles. The lowest BCUT2D eigenvalue weighted by molar-refractivity contribution is 0.131. The maximum Gasteiger partial charge on any atom is 0.147 e. The van der Waals surface area contributed by atoms with E-state index in [1.54, 1.807) is 0 Å². The van der Waals surface area contributed by atoms with Crippen LogP contribution in [0.15, 0.2) is 0 Å². The van der Waals surface area contributed by atoms with E-state index < -0.39 is 15.5 Å². The number of hydrogen-bond acceptors (Lipinski definition) is 3. The third-order valence-electron chi connectivity index (χ3n) is 2.87. The predicted molar refractivity (Wildman–Crippen MR) is 59.5 cm³/mol. The molecule has 1 unspecified atom stereocenters. The SMILES string of the molecule is CS(=O)(=O)CCCC1(F)CCCNCC1. The molecule has 0 radical (unpaired) electrons. The van der Waals surface area contributed by atoms with Gasteiger partial charge in [-0.25, -0.2) is 12.8 Å². The summed E-state index contributed by atoms with van der Waals surface area (Å²) < 4.78 is 36.0. The maximum atomic E-state index is 14.2. The molecule has 0 amide bonds. The molecule has 5 heteroatoms. The molecule has 0 aromatic carbocycles. The monoisotopic (exact) mass is 237 g/mol. The average molecular weight is 237 g/mol. The standard InChI is InChI=1S/C10H20FNO2S/c1-15(13,14)9-3-5-10(11)4-2-7-12-8-6-10/h12H,2-9H2,1H3. The van der Waals surface area contributed by atoms with Crippen molar-refractivity contribution < 1.29 is 12.8 Å². The van der Waals surface area contributed by atoms with Crippen LogP contribution in [0, 0.1) is 0 Å². The minimum atomic E-state index is -2.94. The minimum Gasteiger partial charge on any atom is -0.317 e. The third-order valence-corrected chi connectivity index (χ3v) is 3.90. The second-order valence-electron chi connectivity index (χ2n) is 4.49. The Balaban J connectivity index is 2.34. The first-order valence-corrected chi connectivity index (χ1v) is 7.55. The van der Waals surface area contributed by atoms with E-state index in [1.165, 1.54) is 6.26 Å². The van der Waals surface area contributed by atoms with Crippen LogP contribution < -0.4 is 5.32 Å². The summed E-state index contributed by atoms with van der Waals surface area (Å²) in [6.45, 7) is 1.58. The number of nitrogens with one attached hydrogen (secondary N) is 1. The maximum absolute atomic E-state index is 14.2. The molecular weight excluding hydrogens is 217 g/mol. The number of sulfone groups is 1. The Hall–Kier alpha value is -0.160. The highest BCUT2D eigenvalue weighted by Crippen LogP contribution is 2.29. The zero-order chi connectivity index (χ0) is 11.4. The second-order valence-corrected chi connectivity index (χ2v) is 6.75. The lowest BCUT2D eigenvalue weighted by Gasteiger charge is -2.22. The highest BCUT2D eigenvalue weighted by Gasteiger charge is 2.29. The summed E-state index contributed by atoms with van der Waals surface area (Å²) >= 11 is 0. The van der Waals surface area contributed by atoms with Crippen molar-refractivity contribution in [2.75, 3.05) is 25.1 Å². The van der Waals surface area contributed by atoms with Gasteiger partial charge in [-0.15, -0.1) is 0 Å². The molecule has 1 N–H and O–H groups in total. The second kappa shape index (κ2) is 5.25. The lowest BCUT2D eigenvalue weighted by Crippen LogP contribution is -2.25. The van der Waals surface area contributed by atoms with Crippen LogP contribution in [0.5, 0.6) is 0 Å². The van der Waals surface area contributed by atoms with E-state index in [1.807, 2.05) is 0 Å². The molecule has 3 nitrogen and oxygen atoms in total. The van der Waals surface area contributed by atoms with Crippen LogP contribution >= 0.6 is 0 Å². The van der Waals surface area contributed by atoms with Crippen LogP contribution in [0.3, 0.4) is 0 Å². The normalized spacial score (nSPS) is 28.7. The molecule has 1 aliphatic rings. The first-order chi connectivity index (χ1) is 6.91. The van der Waals surface area contributed by atoms with Crippen LogP contribution in [0.2, 0.25) is 0 Å². The lowest BCUT2D eigenvalue weighted by atomic mass is 9.92. The summed E-state index contributed by atoms with van der Waals surface area (Å²) in [6.07, 6.45) is 3.93. The van der Waals surface area contributed by atoms with Gasteiger partial charge in [0.05, 0.1) is 0 Å². The molecule has 90 valence electrons. The van der Waals surface area contributed by atoms with Crippen LogP contribution in [0.1, 0.15) is 32.1 Å². The summed E-state index contributed by atoms with van der Waals surface area (Å²) in [6, 6.07) is 0. The van der Waals surface area contributed by atoms with Gasteiger partial charge in [0.2, 0.25) is 0 Å². The summed E-state index contributed by atoms with van der Waals surface area (Å²) in [5.41, 5.74) is -1.14. The van der Waals surface area contributed by atoms with Crippen LogP contribution in [0.4, 0.5) is 4.39 Å². The van der Waals surface area contributed by atoms with E-state index >= 15 is 0 Å². The largest absolute Gasteiger partial charge is 0.317 e. The molecule has 1 aliphatic heterocycles. The van der Waals surface area contributed by atoms with E-state index in [2.05, 4.69) is 5.32 Å². The summed E-state index contributed by atoms with van der Waals surface area (Å²) in [7, 11) is -2.94. The fourth-order valence-corrected chi connectivity index (χ4v) is 2.66. The first kappa shape index (κ1) is 12.9. The molecule has 1 atom stereocenters. The summed E-state index contributed by atoms with van der Waals surface area (Å²) in [5.74, 6) is 0.103. The van der Waals surface area contributed by atoms with Crippen molar-refractivity contribution >= 4 is 9.84 Å². The molecule has 0 aliphatic carbocycles. The zero-order valence-corrected chi connectivity index (χ0v) is 10.1. The van der Waals surface area contributed by atoms with Crippen LogP contribution in [0.25, 0.3) is 0 Å². The van der Waals surface area contributed by atoms with Crippen LogP contribution in [-0.2, 0) is 9.84 Å². The van der Waals surface area contributed by atoms with Gasteiger partial charge in [-0.1, -0.05) is 0 Å². The van der Waals surface area contributed by atoms with Gasteiger partial charge in [0.15, 0.2) is 0 Å². The van der Waals surface area contributed by atoms with Gasteiger partial charge in [0.1, 0.15) is 15.5 Å². The Kier molecular flexibility index (Phi) is 4.52. The minimum absolute atomic E-state index is 0.103. The van der Waals surface area contributed by atoms with Crippen molar-refractivity contribution in [2.45, 2.75) is 37.8 Å². The molecular formula is C10H20FNO2S. The van der Waals surface area contributed by atoms with Crippen LogP contribution in [-0.4, -0.2) is 39.2 Å². The molecule has 1 rings (SSSR count). The van der Waals surface area contributed by atoms with E-state index in [0.717, 1.165) is 13.0 Å². The summed E-state index contributed by atoms with van der Waals surface area (Å²) in [5, 5.41) is 3.15. The predicted octanol–water partition coefficient (Wildman–Crippen LogP) is 1.29. The summed E-state index contributed by atoms with van der Waals surface area (Å²) in [4.78, 5) is 0. The number of rotatable bonds is 4. The third kappa shape index (κ3) is 5.47. The fourth-order valence-electron chi connectivity index (χ4n) is 1.99. The van der Waals surface area contributed by atoms with Crippen molar-refractivity contribution in [2.24, 2.45) is 0 Å². The quantitative estimate of drug-likeness (QED) is 0.801. The highest BCUT2D eigenvalue weighted by atomic mass is 32.2. The Bertz CT molecular complexity index is 282. The van der Waals surface area contributed by atoms with Crippen molar-refractivity contribution in [3.05, 3.63) is 0 Å².